The standard InChI is InChI=1S/C9H10O4S3/c10-7(11)4-15-9(16-5-8(12)13)6-2-1-3-14-6/h1-3,9H,4-5H2,(H,10,11)(H,12,13)/p-2. The van der Waals surface area contributed by atoms with Crippen molar-refractivity contribution in [3.63, 3.8) is 0 Å². The number of carbonyl (C=O) groups is 2. The van der Waals surface area contributed by atoms with Crippen LogP contribution < -0.4 is 10.2 Å². The first-order valence-corrected chi connectivity index (χ1v) is 7.23. The van der Waals surface area contributed by atoms with Crippen molar-refractivity contribution in [2.45, 2.75) is 4.58 Å². The molecule has 1 heterocycles. The number of aliphatic carboxylic acids is 2. The number of carboxylic acid groups (broad SMARTS) is 2. The minimum Gasteiger partial charge on any atom is -0.549 e. The van der Waals surface area contributed by atoms with Crippen LogP contribution in [0.15, 0.2) is 17.5 Å². The molecule has 0 aliphatic carbocycles. The first-order chi connectivity index (χ1) is 7.59. The molecule has 0 amide bonds. The Kier molecular flexibility index (Phi) is 5.72. The molecule has 0 atom stereocenters. The molecule has 88 valence electrons. The van der Waals surface area contributed by atoms with Gasteiger partial charge in [-0.1, -0.05) is 6.07 Å². The molecule has 1 aromatic rings. The van der Waals surface area contributed by atoms with Crippen LogP contribution in [0, 0.1) is 0 Å². The Hall–Kier alpha value is -0.660. The number of hydrogen-bond acceptors (Lipinski definition) is 7. The maximum atomic E-state index is 10.3. The zero-order valence-electron chi connectivity index (χ0n) is 8.08. The van der Waals surface area contributed by atoms with Crippen molar-refractivity contribution in [2.75, 3.05) is 11.5 Å². The molecule has 0 bridgehead atoms. The number of carbonyl (C=O) groups excluding carboxylic acids is 2. The highest BCUT2D eigenvalue weighted by molar-refractivity contribution is 8.17. The van der Waals surface area contributed by atoms with E-state index >= 15 is 0 Å². The quantitative estimate of drug-likeness (QED) is 0.637. The molecule has 7 heteroatoms. The summed E-state index contributed by atoms with van der Waals surface area (Å²) in [5.41, 5.74) is 0. The minimum atomic E-state index is -1.15. The first-order valence-electron chi connectivity index (χ1n) is 4.26. The van der Waals surface area contributed by atoms with Gasteiger partial charge in [0.2, 0.25) is 0 Å². The van der Waals surface area contributed by atoms with Gasteiger partial charge in [-0.05, 0) is 11.4 Å². The number of thiophene rings is 1. The summed E-state index contributed by atoms with van der Waals surface area (Å²) in [5, 5.41) is 22.6. The molecule has 0 N–H and O–H groups in total. The van der Waals surface area contributed by atoms with Crippen LogP contribution >= 0.6 is 34.9 Å². The Balaban J connectivity index is 2.55. The second-order valence-electron chi connectivity index (χ2n) is 2.71. The molecular weight excluding hydrogens is 268 g/mol. The number of thioether (sulfide) groups is 2. The van der Waals surface area contributed by atoms with E-state index in [9.17, 15) is 19.8 Å². The van der Waals surface area contributed by atoms with E-state index in [4.69, 9.17) is 0 Å². The zero-order chi connectivity index (χ0) is 12.0. The topological polar surface area (TPSA) is 80.3 Å². The van der Waals surface area contributed by atoms with E-state index in [1.807, 2.05) is 17.5 Å². The fraction of sp³-hybridized carbons (Fsp3) is 0.333. The van der Waals surface area contributed by atoms with Crippen molar-refractivity contribution < 1.29 is 19.8 Å². The average Bonchev–Trinajstić information content (AvgIpc) is 2.70. The van der Waals surface area contributed by atoms with Crippen LogP contribution in [0.25, 0.3) is 0 Å². The highest BCUT2D eigenvalue weighted by atomic mass is 32.2. The molecular formula is C9H8O4S3-2. The lowest BCUT2D eigenvalue weighted by atomic mass is 10.5. The third kappa shape index (κ3) is 4.91. The molecule has 4 nitrogen and oxygen atoms in total. The fourth-order valence-electron chi connectivity index (χ4n) is 0.925. The van der Waals surface area contributed by atoms with Gasteiger partial charge in [0, 0.05) is 16.4 Å². The van der Waals surface area contributed by atoms with Gasteiger partial charge < -0.3 is 19.8 Å². The average molecular weight is 276 g/mol. The summed E-state index contributed by atoms with van der Waals surface area (Å²) in [4.78, 5) is 21.6. The summed E-state index contributed by atoms with van der Waals surface area (Å²) in [6.07, 6.45) is 0. The van der Waals surface area contributed by atoms with Crippen molar-refractivity contribution in [2.24, 2.45) is 0 Å². The normalized spacial score (nSPS) is 10.6. The Morgan fingerprint density at radius 2 is 1.81 bits per heavy atom. The summed E-state index contributed by atoms with van der Waals surface area (Å²) < 4.78 is -0.198. The molecule has 0 aromatic carbocycles. The van der Waals surface area contributed by atoms with Crippen LogP contribution in [0.1, 0.15) is 9.46 Å². The lowest BCUT2D eigenvalue weighted by Gasteiger charge is -2.15. The monoisotopic (exact) mass is 276 g/mol. The van der Waals surface area contributed by atoms with E-state index in [2.05, 4.69) is 0 Å². The Bertz CT molecular complexity index is 332. The molecule has 0 unspecified atom stereocenters. The molecule has 0 spiro atoms. The number of carboxylic acids is 2. The van der Waals surface area contributed by atoms with Gasteiger partial charge in [-0.25, -0.2) is 0 Å². The van der Waals surface area contributed by atoms with Crippen molar-refractivity contribution in [3.8, 4) is 0 Å². The second-order valence-corrected chi connectivity index (χ2v) is 6.18. The highest BCUT2D eigenvalue weighted by Gasteiger charge is 2.13. The molecule has 0 saturated heterocycles. The summed E-state index contributed by atoms with van der Waals surface area (Å²) in [6.45, 7) is 0. The Labute approximate surface area is 105 Å². The lowest BCUT2D eigenvalue weighted by Crippen LogP contribution is -2.26. The van der Waals surface area contributed by atoms with E-state index < -0.39 is 11.9 Å². The predicted molar refractivity (Wildman–Crippen MR) is 62.0 cm³/mol. The third-order valence-electron chi connectivity index (χ3n) is 1.48. The van der Waals surface area contributed by atoms with Gasteiger partial charge in [0.15, 0.2) is 0 Å². The summed E-state index contributed by atoms with van der Waals surface area (Å²) in [6, 6.07) is 3.69. The number of hydrogen-bond donors (Lipinski definition) is 0. The smallest absolute Gasteiger partial charge is 0.0850 e. The Morgan fingerprint density at radius 3 is 2.19 bits per heavy atom. The summed E-state index contributed by atoms with van der Waals surface area (Å²) in [5.74, 6) is -2.60. The van der Waals surface area contributed by atoms with Crippen LogP contribution in [-0.2, 0) is 9.59 Å². The van der Waals surface area contributed by atoms with E-state index in [1.165, 1.54) is 11.3 Å². The van der Waals surface area contributed by atoms with E-state index in [-0.39, 0.29) is 16.1 Å². The van der Waals surface area contributed by atoms with Gasteiger partial charge in [0.1, 0.15) is 0 Å². The molecule has 0 saturated carbocycles. The maximum absolute atomic E-state index is 10.3. The summed E-state index contributed by atoms with van der Waals surface area (Å²) >= 11 is 3.77. The van der Waals surface area contributed by atoms with Crippen molar-refractivity contribution >= 4 is 46.8 Å². The first kappa shape index (κ1) is 13.4. The molecule has 0 aliphatic heterocycles. The largest absolute Gasteiger partial charge is 0.549 e. The molecule has 16 heavy (non-hydrogen) atoms. The SMILES string of the molecule is O=C([O-])CSC(SCC(=O)[O-])c1cccs1. The maximum Gasteiger partial charge on any atom is 0.0850 e. The minimum absolute atomic E-state index is 0.150. The predicted octanol–water partition coefficient (Wildman–Crippen LogP) is -0.287. The highest BCUT2D eigenvalue weighted by Crippen LogP contribution is 2.41. The molecule has 1 rings (SSSR count). The van der Waals surface area contributed by atoms with Crippen LogP contribution in [0.4, 0.5) is 0 Å². The molecule has 0 radical (unpaired) electrons. The van der Waals surface area contributed by atoms with Crippen molar-refractivity contribution in [1.82, 2.24) is 0 Å². The van der Waals surface area contributed by atoms with Gasteiger partial charge in [0.05, 0.1) is 16.5 Å². The Morgan fingerprint density at radius 1 is 1.25 bits per heavy atom. The van der Waals surface area contributed by atoms with Gasteiger partial charge in [-0.2, -0.15) is 0 Å². The van der Waals surface area contributed by atoms with Crippen LogP contribution in [0.2, 0.25) is 0 Å². The summed E-state index contributed by atoms with van der Waals surface area (Å²) in [7, 11) is 0. The lowest BCUT2D eigenvalue weighted by molar-refractivity contribution is -0.302. The van der Waals surface area contributed by atoms with Crippen LogP contribution in [0.5, 0.6) is 0 Å². The molecule has 0 fully saturated rings. The van der Waals surface area contributed by atoms with Crippen LogP contribution in [-0.4, -0.2) is 23.4 Å². The van der Waals surface area contributed by atoms with Crippen molar-refractivity contribution in [1.29, 1.82) is 0 Å². The van der Waals surface area contributed by atoms with Gasteiger partial charge in [0.25, 0.3) is 0 Å². The molecule has 1 aromatic heterocycles. The van der Waals surface area contributed by atoms with Gasteiger partial charge >= 0.3 is 0 Å². The van der Waals surface area contributed by atoms with E-state index in [0.29, 0.717) is 0 Å². The second kappa shape index (κ2) is 6.82. The number of rotatable bonds is 7. The van der Waals surface area contributed by atoms with E-state index in [1.54, 1.807) is 0 Å². The zero-order valence-corrected chi connectivity index (χ0v) is 10.5. The van der Waals surface area contributed by atoms with Gasteiger partial charge in [-0.15, -0.1) is 34.9 Å². The van der Waals surface area contributed by atoms with Gasteiger partial charge in [-0.3, -0.25) is 0 Å². The van der Waals surface area contributed by atoms with Crippen molar-refractivity contribution in [3.05, 3.63) is 22.4 Å². The molecule has 0 aliphatic rings. The third-order valence-corrected chi connectivity index (χ3v) is 5.45. The van der Waals surface area contributed by atoms with E-state index in [0.717, 1.165) is 28.4 Å². The fourth-order valence-corrected chi connectivity index (χ4v) is 4.10. The van der Waals surface area contributed by atoms with Crippen LogP contribution in [0.3, 0.4) is 0 Å².